The Morgan fingerprint density at radius 2 is 2.28 bits per heavy atom. The molecule has 18 heavy (non-hydrogen) atoms. The molecule has 0 atom stereocenters. The highest BCUT2D eigenvalue weighted by Gasteiger charge is 2.26. The van der Waals surface area contributed by atoms with Gasteiger partial charge in [0.15, 0.2) is 5.69 Å². The van der Waals surface area contributed by atoms with Gasteiger partial charge in [0.05, 0.1) is 5.69 Å². The number of rotatable bonds is 3. The molecule has 1 aliphatic carbocycles. The van der Waals surface area contributed by atoms with E-state index < -0.39 is 0 Å². The maximum atomic E-state index is 12.0. The first kappa shape index (κ1) is 11.0. The zero-order valence-electron chi connectivity index (χ0n) is 10.4. The standard InChI is InChI=1S/C12H15N5O/c1-7-5-11(17(2)16-7)13-12(18)10-6-9(14-15-10)8-3-4-8/h5-6,8H,3-4H2,1-2H3,(H,13,18)(H,14,15). The molecule has 0 aromatic carbocycles. The summed E-state index contributed by atoms with van der Waals surface area (Å²) in [5.74, 6) is 1.03. The molecule has 6 heteroatoms. The van der Waals surface area contributed by atoms with E-state index in [1.54, 1.807) is 11.7 Å². The van der Waals surface area contributed by atoms with Crippen LogP contribution in [0.5, 0.6) is 0 Å². The minimum Gasteiger partial charge on any atom is -0.305 e. The molecule has 0 saturated heterocycles. The van der Waals surface area contributed by atoms with E-state index in [0.29, 0.717) is 17.4 Å². The van der Waals surface area contributed by atoms with E-state index in [1.165, 1.54) is 12.8 Å². The van der Waals surface area contributed by atoms with Gasteiger partial charge in [-0.3, -0.25) is 14.6 Å². The third kappa shape index (κ3) is 2.01. The van der Waals surface area contributed by atoms with E-state index in [1.807, 2.05) is 19.1 Å². The van der Waals surface area contributed by atoms with Crippen LogP contribution in [0.3, 0.4) is 0 Å². The molecule has 6 nitrogen and oxygen atoms in total. The van der Waals surface area contributed by atoms with Crippen molar-refractivity contribution in [1.82, 2.24) is 20.0 Å². The molecule has 0 bridgehead atoms. The lowest BCUT2D eigenvalue weighted by molar-refractivity contribution is 0.102. The summed E-state index contributed by atoms with van der Waals surface area (Å²) in [5, 5.41) is 13.9. The number of aryl methyl sites for hydroxylation is 2. The highest BCUT2D eigenvalue weighted by Crippen LogP contribution is 2.39. The summed E-state index contributed by atoms with van der Waals surface area (Å²) in [6.45, 7) is 1.88. The molecular weight excluding hydrogens is 230 g/mol. The van der Waals surface area contributed by atoms with E-state index in [9.17, 15) is 4.79 Å². The zero-order valence-corrected chi connectivity index (χ0v) is 10.4. The van der Waals surface area contributed by atoms with Gasteiger partial charge in [0, 0.05) is 24.7 Å². The van der Waals surface area contributed by atoms with Crippen molar-refractivity contribution in [2.24, 2.45) is 7.05 Å². The van der Waals surface area contributed by atoms with Crippen LogP contribution >= 0.6 is 0 Å². The third-order valence-electron chi connectivity index (χ3n) is 3.09. The van der Waals surface area contributed by atoms with E-state index >= 15 is 0 Å². The summed E-state index contributed by atoms with van der Waals surface area (Å²) < 4.78 is 1.64. The third-order valence-corrected chi connectivity index (χ3v) is 3.09. The van der Waals surface area contributed by atoms with Crippen LogP contribution in [0.15, 0.2) is 12.1 Å². The van der Waals surface area contributed by atoms with Gasteiger partial charge in [0.25, 0.3) is 5.91 Å². The minimum atomic E-state index is -0.207. The van der Waals surface area contributed by atoms with Gasteiger partial charge in [-0.25, -0.2) is 0 Å². The van der Waals surface area contributed by atoms with Gasteiger partial charge in [0.1, 0.15) is 5.82 Å². The first-order valence-electron chi connectivity index (χ1n) is 6.01. The van der Waals surface area contributed by atoms with Gasteiger partial charge in [-0.1, -0.05) is 0 Å². The Hall–Kier alpha value is -2.11. The lowest BCUT2D eigenvalue weighted by atomic mass is 10.2. The topological polar surface area (TPSA) is 75.6 Å². The van der Waals surface area contributed by atoms with Crippen LogP contribution in [0.2, 0.25) is 0 Å². The normalized spacial score (nSPS) is 14.8. The van der Waals surface area contributed by atoms with Crippen LogP contribution in [0, 0.1) is 6.92 Å². The molecule has 3 rings (SSSR count). The summed E-state index contributed by atoms with van der Waals surface area (Å²) in [4.78, 5) is 12.0. The molecule has 2 heterocycles. The van der Waals surface area contributed by atoms with Gasteiger partial charge < -0.3 is 5.32 Å². The van der Waals surface area contributed by atoms with Crippen LogP contribution in [0.1, 0.15) is 40.6 Å². The van der Waals surface area contributed by atoms with Crippen molar-refractivity contribution < 1.29 is 4.79 Å². The lowest BCUT2D eigenvalue weighted by Gasteiger charge is -2.01. The molecule has 0 aliphatic heterocycles. The molecule has 1 fully saturated rings. The van der Waals surface area contributed by atoms with Crippen molar-refractivity contribution in [2.45, 2.75) is 25.7 Å². The van der Waals surface area contributed by atoms with Crippen LogP contribution in [-0.2, 0) is 7.05 Å². The molecule has 1 amide bonds. The van der Waals surface area contributed by atoms with E-state index in [4.69, 9.17) is 0 Å². The van der Waals surface area contributed by atoms with Crippen molar-refractivity contribution in [3.63, 3.8) is 0 Å². The fourth-order valence-electron chi connectivity index (χ4n) is 1.96. The maximum absolute atomic E-state index is 12.0. The summed E-state index contributed by atoms with van der Waals surface area (Å²) in [7, 11) is 1.79. The van der Waals surface area contributed by atoms with Crippen LogP contribution in [0.25, 0.3) is 0 Å². The van der Waals surface area contributed by atoms with E-state index in [-0.39, 0.29) is 5.91 Å². The van der Waals surface area contributed by atoms with Crippen molar-refractivity contribution in [3.8, 4) is 0 Å². The number of nitrogens with zero attached hydrogens (tertiary/aromatic N) is 3. The number of carbonyl (C=O) groups is 1. The Morgan fingerprint density at radius 3 is 2.89 bits per heavy atom. The highest BCUT2D eigenvalue weighted by molar-refractivity contribution is 6.02. The maximum Gasteiger partial charge on any atom is 0.277 e. The van der Waals surface area contributed by atoms with Gasteiger partial charge in [-0.15, -0.1) is 0 Å². The predicted octanol–water partition coefficient (Wildman–Crippen LogP) is 1.58. The Morgan fingerprint density at radius 1 is 1.50 bits per heavy atom. The number of H-pyrrole nitrogens is 1. The first-order chi connectivity index (χ1) is 8.63. The first-order valence-corrected chi connectivity index (χ1v) is 6.01. The molecule has 2 N–H and O–H groups in total. The summed E-state index contributed by atoms with van der Waals surface area (Å²) in [5.41, 5.74) is 2.35. The van der Waals surface area contributed by atoms with E-state index in [0.717, 1.165) is 11.4 Å². The quantitative estimate of drug-likeness (QED) is 0.862. The highest BCUT2D eigenvalue weighted by atomic mass is 16.2. The van der Waals surface area contributed by atoms with E-state index in [2.05, 4.69) is 20.6 Å². The lowest BCUT2D eigenvalue weighted by Crippen LogP contribution is -2.14. The minimum absolute atomic E-state index is 0.207. The number of aromatic nitrogens is 4. The Labute approximate surface area is 104 Å². The second-order valence-corrected chi connectivity index (χ2v) is 4.73. The average Bonchev–Trinajstić information content (AvgIpc) is 2.96. The summed E-state index contributed by atoms with van der Waals surface area (Å²) >= 11 is 0. The summed E-state index contributed by atoms with van der Waals surface area (Å²) in [6.07, 6.45) is 2.37. The van der Waals surface area contributed by atoms with Gasteiger partial charge in [-0.2, -0.15) is 10.2 Å². The second kappa shape index (κ2) is 3.97. The van der Waals surface area contributed by atoms with Crippen molar-refractivity contribution in [1.29, 1.82) is 0 Å². The van der Waals surface area contributed by atoms with Crippen molar-refractivity contribution >= 4 is 11.7 Å². The Balaban J connectivity index is 1.75. The number of nitrogens with one attached hydrogen (secondary N) is 2. The Bertz CT molecular complexity index is 593. The van der Waals surface area contributed by atoms with Gasteiger partial charge in [0.2, 0.25) is 0 Å². The molecular formula is C12H15N5O. The smallest absolute Gasteiger partial charge is 0.277 e. The number of hydrogen-bond acceptors (Lipinski definition) is 3. The largest absolute Gasteiger partial charge is 0.305 e. The van der Waals surface area contributed by atoms with Gasteiger partial charge >= 0.3 is 0 Å². The fraction of sp³-hybridized carbons (Fsp3) is 0.417. The Kier molecular flexibility index (Phi) is 2.43. The van der Waals surface area contributed by atoms with Crippen LogP contribution in [0.4, 0.5) is 5.82 Å². The molecule has 2 aromatic rings. The SMILES string of the molecule is Cc1cc(NC(=O)c2cc(C3CC3)[nH]n2)n(C)n1. The number of hydrogen-bond donors (Lipinski definition) is 2. The van der Waals surface area contributed by atoms with Crippen LogP contribution in [-0.4, -0.2) is 25.9 Å². The molecule has 0 radical (unpaired) electrons. The number of anilines is 1. The molecule has 1 aliphatic rings. The summed E-state index contributed by atoms with van der Waals surface area (Å²) in [6, 6.07) is 3.66. The van der Waals surface area contributed by atoms with Gasteiger partial charge in [-0.05, 0) is 25.8 Å². The zero-order chi connectivity index (χ0) is 12.7. The predicted molar refractivity (Wildman–Crippen MR) is 66.5 cm³/mol. The average molecular weight is 245 g/mol. The van der Waals surface area contributed by atoms with Crippen LogP contribution < -0.4 is 5.32 Å². The number of aromatic amines is 1. The van der Waals surface area contributed by atoms with Crippen molar-refractivity contribution in [2.75, 3.05) is 5.32 Å². The van der Waals surface area contributed by atoms with Crippen molar-refractivity contribution in [3.05, 3.63) is 29.2 Å². The molecule has 0 unspecified atom stereocenters. The molecule has 1 saturated carbocycles. The fourth-order valence-corrected chi connectivity index (χ4v) is 1.96. The molecule has 2 aromatic heterocycles. The second-order valence-electron chi connectivity index (χ2n) is 4.73. The molecule has 0 spiro atoms. The number of amides is 1. The monoisotopic (exact) mass is 245 g/mol. The molecule has 94 valence electrons. The number of carbonyl (C=O) groups excluding carboxylic acids is 1.